The molecule has 0 aromatic heterocycles. The fourth-order valence-corrected chi connectivity index (χ4v) is 3.59. The molecule has 0 heterocycles. The Morgan fingerprint density at radius 3 is 1.79 bits per heavy atom. The van der Waals surface area contributed by atoms with Crippen LogP contribution in [0, 0.1) is 0 Å². The van der Waals surface area contributed by atoms with Crippen molar-refractivity contribution in [1.82, 2.24) is 15.7 Å². The van der Waals surface area contributed by atoms with E-state index in [2.05, 4.69) is 43.2 Å². The second-order valence-electron chi connectivity index (χ2n) is 8.73. The first-order valence-corrected chi connectivity index (χ1v) is 11.2. The van der Waals surface area contributed by atoms with Gasteiger partial charge in [0.05, 0.1) is 12.6 Å². The summed E-state index contributed by atoms with van der Waals surface area (Å²) in [4.78, 5) is 38.5. The number of carbonyl (C=O) groups is 3. The molecule has 34 heavy (non-hydrogen) atoms. The van der Waals surface area contributed by atoms with Crippen LogP contribution in [0.5, 0.6) is 0 Å². The third-order valence-electron chi connectivity index (χ3n) is 5.46. The van der Waals surface area contributed by atoms with Gasteiger partial charge >= 0.3 is 0 Å². The van der Waals surface area contributed by atoms with Crippen molar-refractivity contribution < 1.29 is 24.7 Å². The number of hydroxylamine groups is 1. The molecule has 0 radical (unpaired) electrons. The smallest absolute Gasteiger partial charge is 0.268 e. The van der Waals surface area contributed by atoms with Gasteiger partial charge in [-0.15, -0.1) is 0 Å². The minimum atomic E-state index is -1.28. The van der Waals surface area contributed by atoms with Gasteiger partial charge in [0, 0.05) is 23.3 Å². The minimum absolute atomic E-state index is 0.0732. The van der Waals surface area contributed by atoms with E-state index >= 15 is 0 Å². The maximum Gasteiger partial charge on any atom is 0.268 e. The van der Waals surface area contributed by atoms with Crippen molar-refractivity contribution in [3.05, 3.63) is 54.1 Å². The van der Waals surface area contributed by atoms with E-state index in [9.17, 15) is 19.5 Å². The molecular formula is C25H34N4O5. The summed E-state index contributed by atoms with van der Waals surface area (Å²) in [7, 11) is 0. The standard InChI is InChI=1S/C25H34N4O5/c1-15(2)29(16(3)4)14-22(31)26-21-12-10-19(11-13-21)18-6-8-20(9-7-18)24(32)27-23(17(5)30)25(33)28-34/h6-13,15-17,23,30,34H,14H2,1-5H3,(H,26,31)(H,27,32)(H,28,33)/t17-,23+/m1/s1. The van der Waals surface area contributed by atoms with Crippen LogP contribution in [0.2, 0.25) is 0 Å². The maximum atomic E-state index is 12.4. The van der Waals surface area contributed by atoms with Crippen LogP contribution in [0.3, 0.4) is 0 Å². The van der Waals surface area contributed by atoms with Gasteiger partial charge in [0.15, 0.2) is 0 Å². The molecule has 0 saturated heterocycles. The molecule has 0 fully saturated rings. The Morgan fingerprint density at radius 1 is 0.853 bits per heavy atom. The first-order chi connectivity index (χ1) is 16.0. The molecule has 184 valence electrons. The highest BCUT2D eigenvalue weighted by Crippen LogP contribution is 2.22. The predicted molar refractivity (Wildman–Crippen MR) is 130 cm³/mol. The number of benzene rings is 2. The van der Waals surface area contributed by atoms with Crippen LogP contribution in [0.15, 0.2) is 48.5 Å². The molecule has 3 amide bonds. The number of aliphatic hydroxyl groups is 1. The van der Waals surface area contributed by atoms with Gasteiger partial charge in [0.25, 0.3) is 11.8 Å². The van der Waals surface area contributed by atoms with Crippen LogP contribution >= 0.6 is 0 Å². The minimum Gasteiger partial charge on any atom is -0.391 e. The number of aliphatic hydroxyl groups excluding tert-OH is 1. The number of carbonyl (C=O) groups excluding carboxylic acids is 3. The predicted octanol–water partition coefficient (Wildman–Crippen LogP) is 2.40. The highest BCUT2D eigenvalue weighted by Gasteiger charge is 2.25. The van der Waals surface area contributed by atoms with Gasteiger partial charge < -0.3 is 15.7 Å². The number of rotatable bonds is 10. The van der Waals surface area contributed by atoms with Crippen molar-refractivity contribution in [3.63, 3.8) is 0 Å². The molecule has 2 rings (SSSR count). The lowest BCUT2D eigenvalue weighted by molar-refractivity contribution is -0.133. The second kappa shape index (κ2) is 12.3. The molecule has 9 nitrogen and oxygen atoms in total. The lowest BCUT2D eigenvalue weighted by Gasteiger charge is -2.29. The van der Waals surface area contributed by atoms with Crippen LogP contribution in [0.1, 0.15) is 45.0 Å². The van der Waals surface area contributed by atoms with E-state index in [4.69, 9.17) is 5.21 Å². The zero-order valence-electron chi connectivity index (χ0n) is 20.2. The molecule has 0 unspecified atom stereocenters. The number of hydrogen-bond acceptors (Lipinski definition) is 6. The molecule has 0 aliphatic heterocycles. The number of hydrogen-bond donors (Lipinski definition) is 5. The van der Waals surface area contributed by atoms with E-state index in [0.717, 1.165) is 11.1 Å². The summed E-state index contributed by atoms with van der Waals surface area (Å²) in [6.07, 6.45) is -1.19. The van der Waals surface area contributed by atoms with Crippen molar-refractivity contribution >= 4 is 23.4 Å². The molecular weight excluding hydrogens is 436 g/mol. The fraction of sp³-hybridized carbons (Fsp3) is 0.400. The molecule has 5 N–H and O–H groups in total. The summed E-state index contributed by atoms with van der Waals surface area (Å²) in [5.74, 6) is -1.54. The Kier molecular flexibility index (Phi) is 9.73. The fourth-order valence-electron chi connectivity index (χ4n) is 3.59. The van der Waals surface area contributed by atoms with E-state index in [1.165, 1.54) is 12.4 Å². The van der Waals surface area contributed by atoms with Gasteiger partial charge in [-0.3, -0.25) is 24.5 Å². The summed E-state index contributed by atoms with van der Waals surface area (Å²) in [5.41, 5.74) is 4.18. The molecule has 0 bridgehead atoms. The third kappa shape index (κ3) is 7.38. The Labute approximate surface area is 200 Å². The molecule has 9 heteroatoms. The zero-order chi connectivity index (χ0) is 25.4. The summed E-state index contributed by atoms with van der Waals surface area (Å²) in [6, 6.07) is 13.4. The van der Waals surface area contributed by atoms with Crippen LogP contribution in [-0.2, 0) is 9.59 Å². The van der Waals surface area contributed by atoms with Crippen molar-refractivity contribution in [3.8, 4) is 11.1 Å². The number of nitrogens with zero attached hydrogens (tertiary/aromatic N) is 1. The average Bonchev–Trinajstić information content (AvgIpc) is 2.80. The zero-order valence-corrected chi connectivity index (χ0v) is 20.2. The van der Waals surface area contributed by atoms with Gasteiger partial charge in [-0.25, -0.2) is 5.48 Å². The van der Waals surface area contributed by atoms with Gasteiger partial charge in [0.2, 0.25) is 5.91 Å². The second-order valence-corrected chi connectivity index (χ2v) is 8.73. The van der Waals surface area contributed by atoms with Crippen molar-refractivity contribution in [1.29, 1.82) is 0 Å². The third-order valence-corrected chi connectivity index (χ3v) is 5.46. The molecule has 2 atom stereocenters. The molecule has 0 spiro atoms. The molecule has 0 aliphatic carbocycles. The lowest BCUT2D eigenvalue weighted by Crippen LogP contribution is -2.51. The number of nitrogens with one attached hydrogen (secondary N) is 3. The van der Waals surface area contributed by atoms with Crippen LogP contribution in [-0.4, -0.2) is 63.7 Å². The first-order valence-electron chi connectivity index (χ1n) is 11.2. The van der Waals surface area contributed by atoms with Crippen molar-refractivity contribution in [2.24, 2.45) is 0 Å². The highest BCUT2D eigenvalue weighted by molar-refractivity contribution is 5.98. The lowest BCUT2D eigenvalue weighted by atomic mass is 10.0. The average molecular weight is 471 g/mol. The largest absolute Gasteiger partial charge is 0.391 e. The summed E-state index contributed by atoms with van der Waals surface area (Å²) < 4.78 is 0. The summed E-state index contributed by atoms with van der Waals surface area (Å²) >= 11 is 0. The molecule has 0 saturated carbocycles. The van der Waals surface area contributed by atoms with E-state index in [-0.39, 0.29) is 18.0 Å². The van der Waals surface area contributed by atoms with Crippen LogP contribution in [0.4, 0.5) is 5.69 Å². The normalized spacial score (nSPS) is 13.0. The summed E-state index contributed by atoms with van der Waals surface area (Å²) in [5, 5.41) is 23.7. The van der Waals surface area contributed by atoms with E-state index in [1.807, 2.05) is 24.3 Å². The highest BCUT2D eigenvalue weighted by atomic mass is 16.5. The summed E-state index contributed by atoms with van der Waals surface area (Å²) in [6.45, 7) is 9.90. The Hall–Kier alpha value is -3.27. The van der Waals surface area contributed by atoms with Crippen molar-refractivity contribution in [2.75, 3.05) is 11.9 Å². The SMILES string of the molecule is CC(C)N(CC(=O)Nc1ccc(-c2ccc(C(=O)N[C@H](C(=O)NO)[C@@H](C)O)cc2)cc1)C(C)C. The molecule has 2 aromatic carbocycles. The van der Waals surface area contributed by atoms with Crippen LogP contribution < -0.4 is 16.1 Å². The Balaban J connectivity index is 2.03. The van der Waals surface area contributed by atoms with Gasteiger partial charge in [-0.1, -0.05) is 24.3 Å². The van der Waals surface area contributed by atoms with Crippen LogP contribution in [0.25, 0.3) is 11.1 Å². The topological polar surface area (TPSA) is 131 Å². The van der Waals surface area contributed by atoms with E-state index in [0.29, 0.717) is 17.8 Å². The Bertz CT molecular complexity index is 964. The first kappa shape index (κ1) is 27.0. The number of amides is 3. The van der Waals surface area contributed by atoms with E-state index < -0.39 is 24.0 Å². The maximum absolute atomic E-state index is 12.4. The molecule has 0 aliphatic rings. The monoisotopic (exact) mass is 470 g/mol. The van der Waals surface area contributed by atoms with E-state index in [1.54, 1.807) is 24.3 Å². The van der Waals surface area contributed by atoms with Crippen molar-refractivity contribution in [2.45, 2.75) is 58.8 Å². The molecule has 2 aromatic rings. The van der Waals surface area contributed by atoms with Gasteiger partial charge in [-0.2, -0.15) is 0 Å². The van der Waals surface area contributed by atoms with Gasteiger partial charge in [-0.05, 0) is 70.0 Å². The number of anilines is 1. The van der Waals surface area contributed by atoms with Gasteiger partial charge in [0.1, 0.15) is 6.04 Å². The quantitative estimate of drug-likeness (QED) is 0.268. The Morgan fingerprint density at radius 2 is 1.35 bits per heavy atom.